The number of carbonyl (C=O) groups excluding carboxylic acids is 1. The van der Waals surface area contributed by atoms with Crippen LogP contribution in [0.15, 0.2) is 11.8 Å². The van der Waals surface area contributed by atoms with E-state index in [1.807, 2.05) is 0 Å². The Morgan fingerprint density at radius 1 is 0.872 bits per heavy atom. The molecule has 0 spiro atoms. The molecule has 8 N–H and O–H groups in total. The van der Waals surface area contributed by atoms with Crippen LogP contribution in [0, 0.1) is 11.8 Å². The van der Waals surface area contributed by atoms with E-state index in [2.05, 4.69) is 0 Å². The summed E-state index contributed by atoms with van der Waals surface area (Å²) in [7, 11) is 1.19. The van der Waals surface area contributed by atoms with Crippen molar-refractivity contribution in [2.75, 3.05) is 20.3 Å². The van der Waals surface area contributed by atoms with Crippen LogP contribution < -0.4 is 0 Å². The first kappa shape index (κ1) is 29.0. The second kappa shape index (κ2) is 10.7. The highest BCUT2D eigenvalue weighted by atomic mass is 16.8. The molecule has 16 nitrogen and oxygen atoms in total. The second-order valence-corrected chi connectivity index (χ2v) is 10.5. The van der Waals surface area contributed by atoms with Gasteiger partial charge in [0.05, 0.1) is 44.2 Å². The molecule has 0 aromatic heterocycles. The quantitative estimate of drug-likeness (QED) is 0.106. The molecule has 0 radical (unpaired) electrons. The normalized spacial score (nSPS) is 52.8. The highest BCUT2D eigenvalue weighted by molar-refractivity contribution is 5.89. The average Bonchev–Trinajstić information content (AvgIpc) is 3.57. The van der Waals surface area contributed by atoms with Gasteiger partial charge in [-0.3, -0.25) is 0 Å². The monoisotopic (exact) mass is 566 g/mol. The highest BCUT2D eigenvalue weighted by Gasteiger charge is 2.75. The molecule has 0 aromatic rings. The molecular formula is C23H34O16. The summed E-state index contributed by atoms with van der Waals surface area (Å²) >= 11 is 0. The van der Waals surface area contributed by atoms with E-state index in [0.717, 1.165) is 6.26 Å². The topological polar surface area (TPSA) is 247 Å². The van der Waals surface area contributed by atoms with Crippen molar-refractivity contribution in [3.8, 4) is 0 Å². The fraction of sp³-hybridized carbons (Fsp3) is 0.870. The molecule has 0 bridgehead atoms. The molecule has 1 saturated carbocycles. The Labute approximate surface area is 221 Å². The summed E-state index contributed by atoms with van der Waals surface area (Å²) in [4.78, 5) is 12.3. The van der Waals surface area contributed by atoms with E-state index in [1.54, 1.807) is 6.92 Å². The summed E-state index contributed by atoms with van der Waals surface area (Å²) in [5.74, 6) is -2.22. The van der Waals surface area contributed by atoms with Crippen molar-refractivity contribution < 1.29 is 78.8 Å². The molecular weight excluding hydrogens is 532 g/mol. The van der Waals surface area contributed by atoms with Gasteiger partial charge in [-0.2, -0.15) is 0 Å². The maximum Gasteiger partial charge on any atom is 0.337 e. The number of methoxy groups -OCH3 is 1. The first-order chi connectivity index (χ1) is 18.4. The predicted octanol–water partition coefficient (Wildman–Crippen LogP) is -5.20. The zero-order valence-corrected chi connectivity index (χ0v) is 21.0. The molecule has 0 amide bonds. The third-order valence-electron chi connectivity index (χ3n) is 8.23. The summed E-state index contributed by atoms with van der Waals surface area (Å²) < 4.78 is 38.3. The number of epoxide rings is 1. The van der Waals surface area contributed by atoms with E-state index in [-0.39, 0.29) is 5.57 Å². The Bertz CT molecular complexity index is 945. The van der Waals surface area contributed by atoms with Crippen LogP contribution >= 0.6 is 0 Å². The van der Waals surface area contributed by atoms with Gasteiger partial charge in [-0.05, 0) is 6.92 Å². The smallest absolute Gasteiger partial charge is 0.337 e. The molecule has 3 saturated heterocycles. The van der Waals surface area contributed by atoms with Crippen LogP contribution in [0.1, 0.15) is 6.92 Å². The molecule has 39 heavy (non-hydrogen) atoms. The lowest BCUT2D eigenvalue weighted by atomic mass is 9.81. The van der Waals surface area contributed by atoms with Crippen molar-refractivity contribution in [3.63, 3.8) is 0 Å². The Balaban J connectivity index is 1.28. The second-order valence-electron chi connectivity index (χ2n) is 10.5. The summed E-state index contributed by atoms with van der Waals surface area (Å²) in [5, 5.41) is 81.6. The molecule has 4 aliphatic heterocycles. The molecule has 4 fully saturated rings. The fourth-order valence-electron chi connectivity index (χ4n) is 5.91. The number of aliphatic hydroxyl groups excluding tert-OH is 8. The van der Waals surface area contributed by atoms with Gasteiger partial charge in [0, 0.05) is 5.92 Å². The molecule has 16 heteroatoms. The first-order valence-electron chi connectivity index (χ1n) is 12.5. The maximum absolute atomic E-state index is 12.3. The molecule has 0 unspecified atom stereocenters. The average molecular weight is 567 g/mol. The zero-order valence-electron chi connectivity index (χ0n) is 21.0. The number of esters is 1. The Hall–Kier alpha value is -1.51. The van der Waals surface area contributed by atoms with Gasteiger partial charge in [0.15, 0.2) is 12.6 Å². The lowest BCUT2D eigenvalue weighted by Gasteiger charge is -2.44. The molecule has 0 aromatic carbocycles. The summed E-state index contributed by atoms with van der Waals surface area (Å²) in [6.45, 7) is 0.487. The summed E-state index contributed by atoms with van der Waals surface area (Å²) in [6.07, 6.45) is -17.7. The minimum absolute atomic E-state index is 0.0817. The molecule has 222 valence electrons. The zero-order chi connectivity index (χ0) is 28.4. The summed E-state index contributed by atoms with van der Waals surface area (Å²) in [6, 6.07) is 0. The largest absolute Gasteiger partial charge is 0.471 e. The van der Waals surface area contributed by atoms with Crippen molar-refractivity contribution in [1.29, 1.82) is 0 Å². The van der Waals surface area contributed by atoms with Crippen LogP contribution in [0.3, 0.4) is 0 Å². The number of hydrogen-bond acceptors (Lipinski definition) is 16. The Morgan fingerprint density at radius 3 is 2.13 bits per heavy atom. The molecule has 16 atom stereocenters. The summed E-state index contributed by atoms with van der Waals surface area (Å²) in [5.41, 5.74) is -0.843. The molecule has 1 aliphatic carbocycles. The van der Waals surface area contributed by atoms with Gasteiger partial charge in [0.1, 0.15) is 60.5 Å². The van der Waals surface area contributed by atoms with Gasteiger partial charge in [-0.25, -0.2) is 4.79 Å². The van der Waals surface area contributed by atoms with Gasteiger partial charge in [-0.15, -0.1) is 0 Å². The van der Waals surface area contributed by atoms with E-state index < -0.39 is 117 Å². The number of fused-ring (bicyclic) bond motifs is 3. The minimum atomic E-state index is -1.78. The van der Waals surface area contributed by atoms with Gasteiger partial charge in [0.2, 0.25) is 6.29 Å². The maximum atomic E-state index is 12.3. The van der Waals surface area contributed by atoms with Crippen LogP contribution in [-0.4, -0.2) is 153 Å². The minimum Gasteiger partial charge on any atom is -0.471 e. The van der Waals surface area contributed by atoms with Crippen molar-refractivity contribution in [2.24, 2.45) is 11.8 Å². The third-order valence-corrected chi connectivity index (χ3v) is 8.23. The van der Waals surface area contributed by atoms with Crippen molar-refractivity contribution in [3.05, 3.63) is 11.8 Å². The van der Waals surface area contributed by atoms with Crippen LogP contribution in [0.2, 0.25) is 0 Å². The SMILES string of the molecule is COC(=O)C1=CO[C@H](O[C@H]2O[C@@H](CO[C@H]3O[C@@H](CO)[C@H](O)[C@@H](O)[C@@H]3O)[C@H](O)[C@@H](O)[C@@H]2O)[C@@H]2[C@H]1[C@@H](O)[C@H]1O[C@@]21C. The van der Waals surface area contributed by atoms with E-state index in [0.29, 0.717) is 0 Å². The van der Waals surface area contributed by atoms with Crippen molar-refractivity contribution in [1.82, 2.24) is 0 Å². The Morgan fingerprint density at radius 2 is 1.49 bits per heavy atom. The molecule has 5 aliphatic rings. The van der Waals surface area contributed by atoms with Crippen LogP contribution in [0.5, 0.6) is 0 Å². The lowest BCUT2D eigenvalue weighted by Crippen LogP contribution is -2.62. The van der Waals surface area contributed by atoms with Gasteiger partial charge < -0.3 is 74.0 Å². The van der Waals surface area contributed by atoms with Crippen LogP contribution in [-0.2, 0) is 38.0 Å². The number of aliphatic hydroxyl groups is 8. The lowest BCUT2D eigenvalue weighted by molar-refractivity contribution is -0.355. The first-order valence-corrected chi connectivity index (χ1v) is 12.5. The van der Waals surface area contributed by atoms with Crippen LogP contribution in [0.4, 0.5) is 0 Å². The molecule has 4 heterocycles. The van der Waals surface area contributed by atoms with Crippen LogP contribution in [0.25, 0.3) is 0 Å². The number of rotatable bonds is 7. The Kier molecular flexibility index (Phi) is 7.97. The van der Waals surface area contributed by atoms with Crippen molar-refractivity contribution in [2.45, 2.75) is 92.4 Å². The third kappa shape index (κ3) is 4.76. The van der Waals surface area contributed by atoms with Gasteiger partial charge in [0.25, 0.3) is 0 Å². The standard InChI is InChI=1S/C23H34O16/c1-23-10-9(13(27)18(23)39-23)6(19(32)33-2)4-34-20(10)38-22-17(31)15(29)12(26)8(37-22)5-35-21-16(30)14(28)11(25)7(3-24)36-21/h4,7-18,20-22,24-31H,3,5H2,1-2H3/t7-,8-,9-,10-,11-,12-,13+,14+,15+,16-,17-,18+,20+,21-,22+,23-/m0/s1. The van der Waals surface area contributed by atoms with E-state index >= 15 is 0 Å². The van der Waals surface area contributed by atoms with E-state index in [9.17, 15) is 45.6 Å². The molecule has 5 rings (SSSR count). The highest BCUT2D eigenvalue weighted by Crippen LogP contribution is 2.61. The van der Waals surface area contributed by atoms with Gasteiger partial charge in [-0.1, -0.05) is 0 Å². The number of carbonyl (C=O) groups is 1. The predicted molar refractivity (Wildman–Crippen MR) is 119 cm³/mol. The number of ether oxygens (including phenoxy) is 7. The van der Waals surface area contributed by atoms with Gasteiger partial charge >= 0.3 is 5.97 Å². The van der Waals surface area contributed by atoms with Crippen molar-refractivity contribution >= 4 is 5.97 Å². The van der Waals surface area contributed by atoms with E-state index in [4.69, 9.17) is 33.2 Å². The van der Waals surface area contributed by atoms with E-state index in [1.165, 1.54) is 7.11 Å². The fourth-order valence-corrected chi connectivity index (χ4v) is 5.91. The number of hydrogen-bond donors (Lipinski definition) is 8.